The first-order chi connectivity index (χ1) is 11.4. The maximum atomic E-state index is 13.1. The van der Waals surface area contributed by atoms with Crippen LogP contribution < -0.4 is 9.64 Å². The zero-order chi connectivity index (χ0) is 17.4. The highest BCUT2D eigenvalue weighted by atomic mass is 35.5. The Labute approximate surface area is 154 Å². The molecule has 132 valence electrons. The average molecular weight is 386 g/mol. The Balaban J connectivity index is 0.00000225. The molecule has 5 nitrogen and oxygen atoms in total. The number of fused-ring (bicyclic) bond motifs is 1. The second kappa shape index (κ2) is 7.29. The summed E-state index contributed by atoms with van der Waals surface area (Å²) in [6, 6.07) is 8.48. The summed E-state index contributed by atoms with van der Waals surface area (Å²) in [6.07, 6.45) is -0.836. The van der Waals surface area contributed by atoms with Crippen LogP contribution in [0.1, 0.15) is 22.8 Å². The normalized spacial score (nSPS) is 15.9. The first-order valence-corrected chi connectivity index (χ1v) is 7.54. The molecule has 1 aliphatic heterocycles. The molecule has 0 radical (unpaired) electrons. The molecule has 1 amide bonds. The quantitative estimate of drug-likeness (QED) is 0.869. The highest BCUT2D eigenvalue weighted by Crippen LogP contribution is 2.40. The summed E-state index contributed by atoms with van der Waals surface area (Å²) in [6.45, 7) is 1.70. The molecule has 0 saturated heterocycles. The Morgan fingerprint density at radius 2 is 1.96 bits per heavy atom. The molecule has 1 N–H and O–H groups in total. The van der Waals surface area contributed by atoms with Gasteiger partial charge in [0.25, 0.3) is 5.91 Å². The predicted octanol–water partition coefficient (Wildman–Crippen LogP) is 3.91. The number of anilines is 1. The molecular formula is C17H14Cl2FNO4. The summed E-state index contributed by atoms with van der Waals surface area (Å²) in [5.41, 5.74) is 0.870. The molecule has 0 spiro atoms. The van der Waals surface area contributed by atoms with E-state index in [4.69, 9.17) is 16.3 Å². The van der Waals surface area contributed by atoms with E-state index in [-0.39, 0.29) is 52.7 Å². The lowest BCUT2D eigenvalue weighted by Crippen LogP contribution is -2.44. The van der Waals surface area contributed by atoms with Crippen LogP contribution in [-0.4, -0.2) is 23.1 Å². The van der Waals surface area contributed by atoms with Crippen LogP contribution in [0.25, 0.3) is 0 Å². The lowest BCUT2D eigenvalue weighted by Gasteiger charge is -2.34. The Morgan fingerprint density at radius 3 is 2.56 bits per heavy atom. The van der Waals surface area contributed by atoms with E-state index in [1.165, 1.54) is 29.2 Å². The largest absolute Gasteiger partial charge is 0.478 e. The summed E-state index contributed by atoms with van der Waals surface area (Å²) in [4.78, 5) is 25.3. The van der Waals surface area contributed by atoms with Crippen LogP contribution in [-0.2, 0) is 11.3 Å². The van der Waals surface area contributed by atoms with Gasteiger partial charge in [-0.3, -0.25) is 4.79 Å². The SMILES string of the molecule is CC1Oc2c(C(=O)O)cc(Cl)cc2N(Cc2ccc(F)cc2)C1=O.Cl. The molecule has 3 rings (SSSR count). The van der Waals surface area contributed by atoms with Crippen molar-refractivity contribution < 1.29 is 23.8 Å². The predicted molar refractivity (Wildman–Crippen MR) is 93.3 cm³/mol. The smallest absolute Gasteiger partial charge is 0.339 e. The number of hydrogen-bond donors (Lipinski definition) is 1. The minimum atomic E-state index is -1.20. The van der Waals surface area contributed by atoms with E-state index >= 15 is 0 Å². The van der Waals surface area contributed by atoms with Crippen LogP contribution in [0.2, 0.25) is 5.02 Å². The van der Waals surface area contributed by atoms with Crippen LogP contribution in [0.5, 0.6) is 5.75 Å². The molecule has 0 aromatic heterocycles. The number of benzene rings is 2. The fraction of sp³-hybridized carbons (Fsp3) is 0.176. The number of halogens is 3. The lowest BCUT2D eigenvalue weighted by molar-refractivity contribution is -0.125. The molecule has 0 bridgehead atoms. The van der Waals surface area contributed by atoms with Crippen molar-refractivity contribution in [3.05, 3.63) is 58.4 Å². The average Bonchev–Trinajstić information content (AvgIpc) is 2.53. The molecule has 2 aromatic rings. The number of ether oxygens (including phenoxy) is 1. The molecule has 0 saturated carbocycles. The van der Waals surface area contributed by atoms with Gasteiger partial charge in [-0.25, -0.2) is 9.18 Å². The maximum Gasteiger partial charge on any atom is 0.339 e. The van der Waals surface area contributed by atoms with Crippen molar-refractivity contribution in [1.82, 2.24) is 0 Å². The Bertz CT molecular complexity index is 826. The first kappa shape index (κ1) is 19.0. The molecule has 1 heterocycles. The first-order valence-electron chi connectivity index (χ1n) is 7.16. The monoisotopic (exact) mass is 385 g/mol. The number of nitrogens with zero attached hydrogens (tertiary/aromatic N) is 1. The summed E-state index contributed by atoms with van der Waals surface area (Å²) < 4.78 is 18.5. The van der Waals surface area contributed by atoms with Gasteiger partial charge in [-0.05, 0) is 36.8 Å². The van der Waals surface area contributed by atoms with Gasteiger partial charge in [0, 0.05) is 5.02 Å². The van der Waals surface area contributed by atoms with Crippen molar-refractivity contribution in [1.29, 1.82) is 0 Å². The summed E-state index contributed by atoms with van der Waals surface area (Å²) in [7, 11) is 0. The van der Waals surface area contributed by atoms with E-state index in [0.717, 1.165) is 0 Å². The summed E-state index contributed by atoms with van der Waals surface area (Å²) >= 11 is 5.99. The molecule has 1 unspecified atom stereocenters. The molecule has 0 fully saturated rings. The standard InChI is InChI=1S/C17H13ClFNO4.ClH/c1-9-16(21)20(8-10-2-4-12(19)5-3-10)14-7-11(18)6-13(17(22)23)15(14)24-9;/h2-7,9H,8H2,1H3,(H,22,23);1H. The fourth-order valence-corrected chi connectivity index (χ4v) is 2.78. The molecule has 25 heavy (non-hydrogen) atoms. The Morgan fingerprint density at radius 1 is 1.32 bits per heavy atom. The molecule has 8 heteroatoms. The molecular weight excluding hydrogens is 372 g/mol. The van der Waals surface area contributed by atoms with Crippen LogP contribution >= 0.6 is 24.0 Å². The zero-order valence-corrected chi connectivity index (χ0v) is 14.6. The molecule has 0 aliphatic carbocycles. The second-order valence-corrected chi connectivity index (χ2v) is 5.85. The third kappa shape index (κ3) is 3.70. The highest BCUT2D eigenvalue weighted by Gasteiger charge is 2.34. The third-order valence-electron chi connectivity index (χ3n) is 3.72. The van der Waals surface area contributed by atoms with Crippen molar-refractivity contribution >= 4 is 41.6 Å². The van der Waals surface area contributed by atoms with Gasteiger partial charge in [0.2, 0.25) is 0 Å². The number of carboxylic acid groups (broad SMARTS) is 1. The van der Waals surface area contributed by atoms with Crippen LogP contribution in [0.15, 0.2) is 36.4 Å². The number of hydrogen-bond acceptors (Lipinski definition) is 3. The fourth-order valence-electron chi connectivity index (χ4n) is 2.56. The van der Waals surface area contributed by atoms with Crippen LogP contribution in [0.3, 0.4) is 0 Å². The van der Waals surface area contributed by atoms with E-state index in [0.29, 0.717) is 5.56 Å². The summed E-state index contributed by atoms with van der Waals surface area (Å²) in [5, 5.41) is 9.52. The number of amides is 1. The van der Waals surface area contributed by atoms with E-state index in [9.17, 15) is 19.1 Å². The van der Waals surface area contributed by atoms with Gasteiger partial charge in [-0.2, -0.15) is 0 Å². The second-order valence-electron chi connectivity index (χ2n) is 5.42. The van der Waals surface area contributed by atoms with Gasteiger partial charge < -0.3 is 14.7 Å². The van der Waals surface area contributed by atoms with E-state index in [1.807, 2.05) is 0 Å². The van der Waals surface area contributed by atoms with Crippen LogP contribution in [0.4, 0.5) is 10.1 Å². The Kier molecular flexibility index (Phi) is 5.55. The van der Waals surface area contributed by atoms with Gasteiger partial charge in [-0.1, -0.05) is 23.7 Å². The summed E-state index contributed by atoms with van der Waals surface area (Å²) in [5.74, 6) is -1.80. The van der Waals surface area contributed by atoms with E-state index in [2.05, 4.69) is 0 Å². The molecule has 1 aliphatic rings. The van der Waals surface area contributed by atoms with Crippen molar-refractivity contribution in [3.8, 4) is 5.75 Å². The number of rotatable bonds is 3. The van der Waals surface area contributed by atoms with E-state index in [1.54, 1.807) is 19.1 Å². The number of carbonyl (C=O) groups excluding carboxylic acids is 1. The Hall–Kier alpha value is -2.31. The van der Waals surface area contributed by atoms with Gasteiger partial charge >= 0.3 is 5.97 Å². The van der Waals surface area contributed by atoms with Crippen molar-refractivity contribution in [2.24, 2.45) is 0 Å². The number of aromatic carboxylic acids is 1. The van der Waals surface area contributed by atoms with Gasteiger partial charge in [-0.15, -0.1) is 12.4 Å². The van der Waals surface area contributed by atoms with Crippen LogP contribution in [0, 0.1) is 5.82 Å². The molecule has 1 atom stereocenters. The van der Waals surface area contributed by atoms with Crippen molar-refractivity contribution in [2.45, 2.75) is 19.6 Å². The minimum absolute atomic E-state index is 0. The maximum absolute atomic E-state index is 13.1. The van der Waals surface area contributed by atoms with E-state index < -0.39 is 12.1 Å². The van der Waals surface area contributed by atoms with Crippen molar-refractivity contribution in [3.63, 3.8) is 0 Å². The van der Waals surface area contributed by atoms with Crippen molar-refractivity contribution in [2.75, 3.05) is 4.90 Å². The highest BCUT2D eigenvalue weighted by molar-refractivity contribution is 6.31. The van der Waals surface area contributed by atoms with Gasteiger partial charge in [0.05, 0.1) is 12.2 Å². The topological polar surface area (TPSA) is 66.8 Å². The minimum Gasteiger partial charge on any atom is -0.478 e. The zero-order valence-electron chi connectivity index (χ0n) is 13.0. The third-order valence-corrected chi connectivity index (χ3v) is 3.94. The molecule has 2 aromatic carbocycles. The van der Waals surface area contributed by atoms with Gasteiger partial charge in [0.15, 0.2) is 11.9 Å². The number of carbonyl (C=O) groups is 2. The number of carboxylic acids is 1. The lowest BCUT2D eigenvalue weighted by atomic mass is 10.1. The van der Waals surface area contributed by atoms with Gasteiger partial charge in [0.1, 0.15) is 11.4 Å².